The number of rotatable bonds is 5. The smallest absolute Gasteiger partial charge is 0.319 e. The molecule has 2 amide bonds. The van der Waals surface area contributed by atoms with Gasteiger partial charge in [-0.3, -0.25) is 0 Å². The summed E-state index contributed by atoms with van der Waals surface area (Å²) >= 11 is 0. The molecule has 0 radical (unpaired) electrons. The summed E-state index contributed by atoms with van der Waals surface area (Å²) in [6.07, 6.45) is 0.873. The predicted octanol–water partition coefficient (Wildman–Crippen LogP) is 4.63. The van der Waals surface area contributed by atoms with Crippen LogP contribution in [0.2, 0.25) is 0 Å². The Balaban J connectivity index is 1.76. The van der Waals surface area contributed by atoms with Crippen molar-refractivity contribution in [1.82, 2.24) is 15.5 Å². The van der Waals surface area contributed by atoms with Gasteiger partial charge >= 0.3 is 6.03 Å². The molecule has 0 spiro atoms. The van der Waals surface area contributed by atoms with E-state index < -0.39 is 0 Å². The van der Waals surface area contributed by atoms with E-state index in [0.29, 0.717) is 17.4 Å². The van der Waals surface area contributed by atoms with Crippen molar-refractivity contribution in [3.05, 3.63) is 54.1 Å². The number of anilines is 1. The minimum Gasteiger partial charge on any atom is -0.335 e. The summed E-state index contributed by atoms with van der Waals surface area (Å²) in [7, 11) is 0. The molecular formula is C20H22N4O2. The van der Waals surface area contributed by atoms with E-state index in [1.54, 1.807) is 0 Å². The van der Waals surface area contributed by atoms with Gasteiger partial charge in [-0.25, -0.2) is 4.79 Å². The molecule has 1 aromatic heterocycles. The molecule has 6 nitrogen and oxygen atoms in total. The number of aryl methyl sites for hydroxylation is 1. The second-order valence-corrected chi connectivity index (χ2v) is 6.28. The Morgan fingerprint density at radius 2 is 1.92 bits per heavy atom. The van der Waals surface area contributed by atoms with E-state index in [9.17, 15) is 4.79 Å². The van der Waals surface area contributed by atoms with Crippen LogP contribution in [0.25, 0.3) is 22.8 Å². The molecule has 1 unspecified atom stereocenters. The van der Waals surface area contributed by atoms with E-state index in [2.05, 4.69) is 20.8 Å². The summed E-state index contributed by atoms with van der Waals surface area (Å²) in [4.78, 5) is 16.4. The maximum atomic E-state index is 12.0. The Hall–Kier alpha value is -3.15. The molecule has 3 aromatic rings. The molecule has 1 atom stereocenters. The number of nitrogens with zero attached hydrogens (tertiary/aromatic N) is 2. The van der Waals surface area contributed by atoms with Crippen molar-refractivity contribution in [2.24, 2.45) is 0 Å². The minimum absolute atomic E-state index is 0.118. The highest BCUT2D eigenvalue weighted by atomic mass is 16.5. The zero-order valence-corrected chi connectivity index (χ0v) is 15.1. The highest BCUT2D eigenvalue weighted by Gasteiger charge is 2.12. The van der Waals surface area contributed by atoms with Crippen molar-refractivity contribution in [3.8, 4) is 22.8 Å². The monoisotopic (exact) mass is 350 g/mol. The molecule has 1 heterocycles. The third-order valence-electron chi connectivity index (χ3n) is 4.09. The maximum Gasteiger partial charge on any atom is 0.319 e. The quantitative estimate of drug-likeness (QED) is 0.703. The molecule has 26 heavy (non-hydrogen) atoms. The van der Waals surface area contributed by atoms with E-state index >= 15 is 0 Å². The van der Waals surface area contributed by atoms with Gasteiger partial charge in [-0.2, -0.15) is 4.98 Å². The molecule has 0 saturated carbocycles. The molecule has 0 aliphatic carbocycles. The molecule has 2 aromatic carbocycles. The van der Waals surface area contributed by atoms with E-state index in [1.807, 2.05) is 69.3 Å². The Morgan fingerprint density at radius 3 is 2.65 bits per heavy atom. The molecule has 0 fully saturated rings. The van der Waals surface area contributed by atoms with E-state index in [-0.39, 0.29) is 12.1 Å². The molecule has 0 aliphatic rings. The number of urea groups is 1. The van der Waals surface area contributed by atoms with Gasteiger partial charge in [0.05, 0.1) is 0 Å². The second kappa shape index (κ2) is 7.82. The van der Waals surface area contributed by atoms with Crippen molar-refractivity contribution in [1.29, 1.82) is 0 Å². The third kappa shape index (κ3) is 4.27. The van der Waals surface area contributed by atoms with Crippen LogP contribution >= 0.6 is 0 Å². The summed E-state index contributed by atoms with van der Waals surface area (Å²) < 4.78 is 5.37. The van der Waals surface area contributed by atoms with Gasteiger partial charge in [0.2, 0.25) is 5.82 Å². The second-order valence-electron chi connectivity index (χ2n) is 6.28. The van der Waals surface area contributed by atoms with Crippen LogP contribution in [0.3, 0.4) is 0 Å². The highest BCUT2D eigenvalue weighted by Crippen LogP contribution is 2.24. The first kappa shape index (κ1) is 17.7. The first-order valence-corrected chi connectivity index (χ1v) is 8.64. The summed E-state index contributed by atoms with van der Waals surface area (Å²) in [5, 5.41) is 9.75. The van der Waals surface area contributed by atoms with Crippen molar-refractivity contribution in [3.63, 3.8) is 0 Å². The maximum absolute atomic E-state index is 12.0. The number of carbonyl (C=O) groups excluding carboxylic acids is 1. The zero-order valence-electron chi connectivity index (χ0n) is 15.1. The van der Waals surface area contributed by atoms with Gasteiger partial charge in [-0.15, -0.1) is 0 Å². The predicted molar refractivity (Wildman–Crippen MR) is 102 cm³/mol. The van der Waals surface area contributed by atoms with Crippen LogP contribution in [-0.2, 0) is 0 Å². The standard InChI is InChI=1S/C20H22N4O2/c1-4-14(3)21-20(25)22-17-7-5-6-16(12-17)18-23-19(26-24-18)15-10-8-13(2)9-11-15/h5-12,14H,4H2,1-3H3,(H2,21,22,25). The topological polar surface area (TPSA) is 80.0 Å². The number of hydrogen-bond donors (Lipinski definition) is 2. The van der Waals surface area contributed by atoms with Gasteiger partial charge in [0.1, 0.15) is 0 Å². The van der Waals surface area contributed by atoms with Crippen LogP contribution in [-0.4, -0.2) is 22.2 Å². The first-order chi connectivity index (χ1) is 12.5. The van der Waals surface area contributed by atoms with Gasteiger partial charge in [0.25, 0.3) is 5.89 Å². The fourth-order valence-electron chi connectivity index (χ4n) is 2.38. The number of amides is 2. The molecule has 6 heteroatoms. The van der Waals surface area contributed by atoms with Gasteiger partial charge in [-0.1, -0.05) is 41.9 Å². The fourth-order valence-corrected chi connectivity index (χ4v) is 2.38. The van der Waals surface area contributed by atoms with Gasteiger partial charge in [0, 0.05) is 22.9 Å². The lowest BCUT2D eigenvalue weighted by atomic mass is 10.1. The molecule has 2 N–H and O–H groups in total. The van der Waals surface area contributed by atoms with E-state index in [1.165, 1.54) is 5.56 Å². The summed E-state index contributed by atoms with van der Waals surface area (Å²) in [6, 6.07) is 15.1. The molecular weight excluding hydrogens is 328 g/mol. The van der Waals surface area contributed by atoms with Crippen LogP contribution in [0.1, 0.15) is 25.8 Å². The fraction of sp³-hybridized carbons (Fsp3) is 0.250. The first-order valence-electron chi connectivity index (χ1n) is 8.64. The van der Waals surface area contributed by atoms with Crippen molar-refractivity contribution in [2.45, 2.75) is 33.2 Å². The van der Waals surface area contributed by atoms with Crippen LogP contribution in [0.15, 0.2) is 53.1 Å². The van der Waals surface area contributed by atoms with Crippen molar-refractivity contribution >= 4 is 11.7 Å². The molecule has 0 aliphatic heterocycles. The van der Waals surface area contributed by atoms with E-state index in [0.717, 1.165) is 17.5 Å². The molecule has 134 valence electrons. The van der Waals surface area contributed by atoms with Crippen LogP contribution in [0.5, 0.6) is 0 Å². The van der Waals surface area contributed by atoms with E-state index in [4.69, 9.17) is 4.52 Å². The van der Waals surface area contributed by atoms with Gasteiger partial charge < -0.3 is 15.2 Å². The Bertz CT molecular complexity index is 887. The van der Waals surface area contributed by atoms with Crippen molar-refractivity contribution < 1.29 is 9.32 Å². The van der Waals surface area contributed by atoms with Crippen LogP contribution in [0, 0.1) is 6.92 Å². The summed E-state index contributed by atoms with van der Waals surface area (Å²) in [6.45, 7) is 6.01. The Morgan fingerprint density at radius 1 is 1.15 bits per heavy atom. The minimum atomic E-state index is -0.232. The summed E-state index contributed by atoms with van der Waals surface area (Å²) in [5.74, 6) is 0.944. The zero-order chi connectivity index (χ0) is 18.5. The lowest BCUT2D eigenvalue weighted by molar-refractivity contribution is 0.249. The number of hydrogen-bond acceptors (Lipinski definition) is 4. The normalized spacial score (nSPS) is 11.8. The average molecular weight is 350 g/mol. The summed E-state index contributed by atoms with van der Waals surface area (Å²) in [5.41, 5.74) is 3.48. The molecule has 3 rings (SSSR count). The highest BCUT2D eigenvalue weighted by molar-refractivity contribution is 5.90. The van der Waals surface area contributed by atoms with Crippen molar-refractivity contribution in [2.75, 3.05) is 5.32 Å². The lowest BCUT2D eigenvalue weighted by Crippen LogP contribution is -2.35. The largest absolute Gasteiger partial charge is 0.335 e. The number of nitrogens with one attached hydrogen (secondary N) is 2. The third-order valence-corrected chi connectivity index (χ3v) is 4.09. The number of benzene rings is 2. The lowest BCUT2D eigenvalue weighted by Gasteiger charge is -2.12. The average Bonchev–Trinajstić information content (AvgIpc) is 3.12. The number of aromatic nitrogens is 2. The van der Waals surface area contributed by atoms with Gasteiger partial charge in [0.15, 0.2) is 0 Å². The Kier molecular flexibility index (Phi) is 5.31. The Labute approximate surface area is 152 Å². The SMILES string of the molecule is CCC(C)NC(=O)Nc1cccc(-c2noc(-c3ccc(C)cc3)n2)c1. The van der Waals surface area contributed by atoms with Crippen LogP contribution < -0.4 is 10.6 Å². The van der Waals surface area contributed by atoms with Gasteiger partial charge in [-0.05, 0) is 44.5 Å². The molecule has 0 saturated heterocycles. The van der Waals surface area contributed by atoms with Crippen LogP contribution in [0.4, 0.5) is 10.5 Å². The molecule has 0 bridgehead atoms. The number of carbonyl (C=O) groups is 1.